The topological polar surface area (TPSA) is 84.2 Å². The normalized spacial score (nSPS) is 9.76. The molecule has 0 aliphatic carbocycles. The Morgan fingerprint density at radius 1 is 1.35 bits per heavy atom. The van der Waals surface area contributed by atoms with Crippen LogP contribution in [-0.4, -0.2) is 25.4 Å². The molecule has 0 heterocycles. The standard InChI is InChI=1S/C12H17N3O2/c1-8-9(4-3-5-10(8)13)12(17)15-7-6-11(16)14-2/h3-5H,6-7,13H2,1-2H3,(H,14,16)(H,15,17). The van der Waals surface area contributed by atoms with Crippen LogP contribution in [0.25, 0.3) is 0 Å². The molecule has 0 aliphatic rings. The van der Waals surface area contributed by atoms with Crippen LogP contribution >= 0.6 is 0 Å². The summed E-state index contributed by atoms with van der Waals surface area (Å²) in [6.45, 7) is 2.11. The summed E-state index contributed by atoms with van der Waals surface area (Å²) in [6, 6.07) is 5.19. The van der Waals surface area contributed by atoms with Gasteiger partial charge in [0.2, 0.25) is 5.91 Å². The smallest absolute Gasteiger partial charge is 0.251 e. The van der Waals surface area contributed by atoms with Crippen LogP contribution in [0, 0.1) is 6.92 Å². The fourth-order valence-electron chi connectivity index (χ4n) is 1.41. The number of nitrogens with one attached hydrogen (secondary N) is 2. The van der Waals surface area contributed by atoms with Crippen molar-refractivity contribution >= 4 is 17.5 Å². The number of carbonyl (C=O) groups excluding carboxylic acids is 2. The maximum Gasteiger partial charge on any atom is 0.251 e. The lowest BCUT2D eigenvalue weighted by Crippen LogP contribution is -2.29. The number of hydrogen-bond donors (Lipinski definition) is 3. The van der Waals surface area contributed by atoms with Crippen molar-refractivity contribution in [3.63, 3.8) is 0 Å². The fourth-order valence-corrected chi connectivity index (χ4v) is 1.41. The summed E-state index contributed by atoms with van der Waals surface area (Å²) < 4.78 is 0. The summed E-state index contributed by atoms with van der Waals surface area (Å²) in [5.41, 5.74) is 7.60. The summed E-state index contributed by atoms with van der Waals surface area (Å²) in [4.78, 5) is 22.8. The molecule has 5 heteroatoms. The van der Waals surface area contributed by atoms with Gasteiger partial charge in [-0.3, -0.25) is 9.59 Å². The second kappa shape index (κ2) is 5.89. The van der Waals surface area contributed by atoms with Gasteiger partial charge in [0.15, 0.2) is 0 Å². The van der Waals surface area contributed by atoms with Crippen LogP contribution in [0.3, 0.4) is 0 Å². The van der Waals surface area contributed by atoms with Gasteiger partial charge in [-0.25, -0.2) is 0 Å². The third-order valence-corrected chi connectivity index (χ3v) is 2.54. The van der Waals surface area contributed by atoms with Crippen LogP contribution < -0.4 is 16.4 Å². The zero-order valence-electron chi connectivity index (χ0n) is 10.0. The second-order valence-electron chi connectivity index (χ2n) is 3.70. The van der Waals surface area contributed by atoms with E-state index in [2.05, 4.69) is 10.6 Å². The highest BCUT2D eigenvalue weighted by atomic mass is 16.2. The highest BCUT2D eigenvalue weighted by Gasteiger charge is 2.10. The van der Waals surface area contributed by atoms with E-state index < -0.39 is 0 Å². The van der Waals surface area contributed by atoms with E-state index >= 15 is 0 Å². The molecule has 2 amide bonds. The average molecular weight is 235 g/mol. The fraction of sp³-hybridized carbons (Fsp3) is 0.333. The van der Waals surface area contributed by atoms with Crippen LogP contribution in [0.4, 0.5) is 5.69 Å². The zero-order valence-corrected chi connectivity index (χ0v) is 10.0. The molecular weight excluding hydrogens is 218 g/mol. The van der Waals surface area contributed by atoms with Gasteiger partial charge in [0.1, 0.15) is 0 Å². The molecule has 5 nitrogen and oxygen atoms in total. The predicted octanol–water partition coefficient (Wildman–Crippen LogP) is 0.443. The zero-order chi connectivity index (χ0) is 12.8. The molecule has 1 aromatic carbocycles. The van der Waals surface area contributed by atoms with Crippen molar-refractivity contribution in [2.24, 2.45) is 0 Å². The number of carbonyl (C=O) groups is 2. The SMILES string of the molecule is CNC(=O)CCNC(=O)c1cccc(N)c1C. The molecule has 0 unspecified atom stereocenters. The van der Waals surface area contributed by atoms with E-state index in [-0.39, 0.29) is 18.2 Å². The van der Waals surface area contributed by atoms with E-state index in [1.807, 2.05) is 0 Å². The highest BCUT2D eigenvalue weighted by Crippen LogP contribution is 2.14. The summed E-state index contributed by atoms with van der Waals surface area (Å²) >= 11 is 0. The molecule has 0 saturated heterocycles. The van der Waals surface area contributed by atoms with E-state index in [0.717, 1.165) is 5.56 Å². The Kier molecular flexibility index (Phi) is 4.51. The number of anilines is 1. The first-order valence-corrected chi connectivity index (χ1v) is 5.40. The van der Waals surface area contributed by atoms with Gasteiger partial charge < -0.3 is 16.4 Å². The highest BCUT2D eigenvalue weighted by molar-refractivity contribution is 5.97. The van der Waals surface area contributed by atoms with Crippen molar-refractivity contribution in [2.45, 2.75) is 13.3 Å². The maximum atomic E-state index is 11.8. The van der Waals surface area contributed by atoms with Gasteiger partial charge in [-0.05, 0) is 24.6 Å². The Morgan fingerprint density at radius 3 is 2.71 bits per heavy atom. The first kappa shape index (κ1) is 13.0. The number of hydrogen-bond acceptors (Lipinski definition) is 3. The van der Waals surface area contributed by atoms with E-state index in [1.165, 1.54) is 0 Å². The molecule has 0 atom stereocenters. The molecule has 4 N–H and O–H groups in total. The Morgan fingerprint density at radius 2 is 2.06 bits per heavy atom. The van der Waals surface area contributed by atoms with Gasteiger partial charge in [-0.1, -0.05) is 6.07 Å². The van der Waals surface area contributed by atoms with Crippen LogP contribution in [0.1, 0.15) is 22.3 Å². The Balaban J connectivity index is 2.59. The van der Waals surface area contributed by atoms with Crippen molar-refractivity contribution < 1.29 is 9.59 Å². The summed E-state index contributed by atoms with van der Waals surface area (Å²) in [5, 5.41) is 5.17. The third kappa shape index (κ3) is 3.48. The van der Waals surface area contributed by atoms with Crippen molar-refractivity contribution in [1.29, 1.82) is 0 Å². The number of nitrogen functional groups attached to an aromatic ring is 1. The minimum Gasteiger partial charge on any atom is -0.398 e. The molecule has 0 spiro atoms. The molecule has 0 saturated carbocycles. The second-order valence-corrected chi connectivity index (χ2v) is 3.70. The summed E-state index contributed by atoms with van der Waals surface area (Å²) in [6.07, 6.45) is 0.267. The van der Waals surface area contributed by atoms with E-state index in [1.54, 1.807) is 32.2 Å². The number of benzene rings is 1. The lowest BCUT2D eigenvalue weighted by molar-refractivity contribution is -0.120. The molecule has 1 aromatic rings. The van der Waals surface area contributed by atoms with Crippen molar-refractivity contribution in [2.75, 3.05) is 19.3 Å². The third-order valence-electron chi connectivity index (χ3n) is 2.54. The molecule has 0 fully saturated rings. The van der Waals surface area contributed by atoms with Crippen LogP contribution in [0.5, 0.6) is 0 Å². The van der Waals surface area contributed by atoms with Gasteiger partial charge in [-0.2, -0.15) is 0 Å². The number of amides is 2. The Bertz CT molecular complexity index is 430. The van der Waals surface area contributed by atoms with Gasteiger partial charge >= 0.3 is 0 Å². The molecule has 0 radical (unpaired) electrons. The average Bonchev–Trinajstić information content (AvgIpc) is 2.32. The van der Waals surface area contributed by atoms with E-state index in [4.69, 9.17) is 5.73 Å². The predicted molar refractivity (Wildman–Crippen MR) is 66.6 cm³/mol. The molecule has 0 aliphatic heterocycles. The minimum atomic E-state index is -0.210. The minimum absolute atomic E-state index is 0.102. The molecule has 1 rings (SSSR count). The quantitative estimate of drug-likeness (QED) is 0.662. The van der Waals surface area contributed by atoms with Crippen molar-refractivity contribution in [1.82, 2.24) is 10.6 Å². The molecular formula is C12H17N3O2. The van der Waals surface area contributed by atoms with Gasteiger partial charge in [0.25, 0.3) is 5.91 Å². The van der Waals surface area contributed by atoms with Crippen LogP contribution in [-0.2, 0) is 4.79 Å². The first-order chi connectivity index (χ1) is 8.06. The van der Waals surface area contributed by atoms with E-state index in [0.29, 0.717) is 17.8 Å². The molecule has 17 heavy (non-hydrogen) atoms. The Labute approximate surface area is 100 Å². The van der Waals surface area contributed by atoms with Gasteiger partial charge in [0.05, 0.1) is 0 Å². The number of rotatable bonds is 4. The summed E-state index contributed by atoms with van der Waals surface area (Å²) in [5.74, 6) is -0.312. The van der Waals surface area contributed by atoms with Crippen molar-refractivity contribution in [3.8, 4) is 0 Å². The molecule has 0 bridgehead atoms. The van der Waals surface area contributed by atoms with Crippen molar-refractivity contribution in [3.05, 3.63) is 29.3 Å². The van der Waals surface area contributed by atoms with Gasteiger partial charge in [0, 0.05) is 31.3 Å². The van der Waals surface area contributed by atoms with Crippen LogP contribution in [0.2, 0.25) is 0 Å². The first-order valence-electron chi connectivity index (χ1n) is 5.40. The number of nitrogens with two attached hydrogens (primary N) is 1. The lowest BCUT2D eigenvalue weighted by Gasteiger charge is -2.08. The van der Waals surface area contributed by atoms with Crippen LogP contribution in [0.15, 0.2) is 18.2 Å². The Hall–Kier alpha value is -2.04. The molecule has 0 aromatic heterocycles. The molecule has 92 valence electrons. The summed E-state index contributed by atoms with van der Waals surface area (Å²) in [7, 11) is 1.56. The maximum absolute atomic E-state index is 11.8. The lowest BCUT2D eigenvalue weighted by atomic mass is 10.1. The monoisotopic (exact) mass is 235 g/mol. The van der Waals surface area contributed by atoms with Gasteiger partial charge in [-0.15, -0.1) is 0 Å². The van der Waals surface area contributed by atoms with E-state index in [9.17, 15) is 9.59 Å². The largest absolute Gasteiger partial charge is 0.398 e.